The normalized spacial score (nSPS) is 12.8. The van der Waals surface area contributed by atoms with E-state index in [2.05, 4.69) is 21.2 Å². The number of benzene rings is 1. The number of hydrogen-bond donors (Lipinski definition) is 2. The minimum atomic E-state index is -0.824. The molecular weight excluding hydrogens is 308 g/mol. The number of aliphatic hydroxyl groups excluding tert-OH is 1. The summed E-state index contributed by atoms with van der Waals surface area (Å²) < 4.78 is 32.0. The molecule has 1 aromatic rings. The summed E-state index contributed by atoms with van der Waals surface area (Å²) in [6, 6.07) is 2.44. The zero-order valence-electron chi connectivity index (χ0n) is 10.2. The standard InChI is InChI=1S/C12H16BrF2NO2/c1-7(2)16-5-9(17)6-18-12-10(14)3-8(13)4-11(12)15/h3-4,7,9,16-17H,5-6H2,1-2H3/t9-/m1/s1. The van der Waals surface area contributed by atoms with Crippen LogP contribution in [0.25, 0.3) is 0 Å². The molecule has 0 aliphatic carbocycles. The van der Waals surface area contributed by atoms with Crippen LogP contribution < -0.4 is 10.1 Å². The maximum atomic E-state index is 13.4. The van der Waals surface area contributed by atoms with Crippen LogP contribution in [0, 0.1) is 11.6 Å². The van der Waals surface area contributed by atoms with E-state index in [1.54, 1.807) is 0 Å². The van der Waals surface area contributed by atoms with Crippen molar-refractivity contribution in [2.24, 2.45) is 0 Å². The first-order chi connectivity index (χ1) is 8.40. The lowest BCUT2D eigenvalue weighted by atomic mass is 10.3. The lowest BCUT2D eigenvalue weighted by Crippen LogP contribution is -2.35. The number of halogens is 3. The summed E-state index contributed by atoms with van der Waals surface area (Å²) in [5, 5.41) is 12.5. The quantitative estimate of drug-likeness (QED) is 0.845. The molecule has 0 amide bonds. The van der Waals surface area contributed by atoms with Crippen LogP contribution in [0.5, 0.6) is 5.75 Å². The highest BCUT2D eigenvalue weighted by molar-refractivity contribution is 9.10. The SMILES string of the molecule is CC(C)NC[C@@H](O)COc1c(F)cc(Br)cc1F. The number of hydrogen-bond acceptors (Lipinski definition) is 3. The summed E-state index contributed by atoms with van der Waals surface area (Å²) in [7, 11) is 0. The molecule has 0 saturated carbocycles. The van der Waals surface area contributed by atoms with Crippen LogP contribution >= 0.6 is 15.9 Å². The van der Waals surface area contributed by atoms with E-state index >= 15 is 0 Å². The van der Waals surface area contributed by atoms with Crippen LogP contribution in [0.2, 0.25) is 0 Å². The third kappa shape index (κ3) is 4.88. The Bertz CT molecular complexity index is 379. The van der Waals surface area contributed by atoms with E-state index in [-0.39, 0.29) is 12.6 Å². The van der Waals surface area contributed by atoms with E-state index in [1.165, 1.54) is 0 Å². The number of rotatable bonds is 6. The van der Waals surface area contributed by atoms with Gasteiger partial charge in [-0.3, -0.25) is 0 Å². The number of aliphatic hydroxyl groups is 1. The highest BCUT2D eigenvalue weighted by Gasteiger charge is 2.14. The van der Waals surface area contributed by atoms with Gasteiger partial charge in [0.15, 0.2) is 17.4 Å². The van der Waals surface area contributed by atoms with Crippen LogP contribution in [-0.2, 0) is 0 Å². The van der Waals surface area contributed by atoms with Gasteiger partial charge >= 0.3 is 0 Å². The molecule has 1 rings (SSSR count). The van der Waals surface area contributed by atoms with Gasteiger partial charge in [-0.1, -0.05) is 29.8 Å². The summed E-state index contributed by atoms with van der Waals surface area (Å²) in [5.41, 5.74) is 0. The molecule has 0 radical (unpaired) electrons. The second kappa shape index (κ2) is 7.01. The molecule has 1 aromatic carbocycles. The fourth-order valence-corrected chi connectivity index (χ4v) is 1.68. The first-order valence-corrected chi connectivity index (χ1v) is 6.38. The molecule has 6 heteroatoms. The molecule has 1 atom stereocenters. The van der Waals surface area contributed by atoms with Gasteiger partial charge < -0.3 is 15.2 Å². The van der Waals surface area contributed by atoms with Crippen molar-refractivity contribution in [2.75, 3.05) is 13.2 Å². The molecule has 0 aliphatic heterocycles. The van der Waals surface area contributed by atoms with Gasteiger partial charge in [0.1, 0.15) is 12.7 Å². The largest absolute Gasteiger partial charge is 0.485 e. The molecular formula is C12H16BrF2NO2. The second-order valence-electron chi connectivity index (χ2n) is 4.23. The smallest absolute Gasteiger partial charge is 0.190 e. The average Bonchev–Trinajstić information content (AvgIpc) is 2.24. The molecule has 0 saturated heterocycles. The Morgan fingerprint density at radius 3 is 2.39 bits per heavy atom. The predicted octanol–water partition coefficient (Wildman–Crippen LogP) is 2.47. The Balaban J connectivity index is 2.53. The molecule has 0 spiro atoms. The van der Waals surface area contributed by atoms with E-state index in [0.29, 0.717) is 11.0 Å². The van der Waals surface area contributed by atoms with Gasteiger partial charge in [-0.15, -0.1) is 0 Å². The van der Waals surface area contributed by atoms with Crippen LogP contribution in [0.1, 0.15) is 13.8 Å². The second-order valence-corrected chi connectivity index (χ2v) is 5.14. The number of nitrogens with one attached hydrogen (secondary N) is 1. The maximum absolute atomic E-state index is 13.4. The van der Waals surface area contributed by atoms with Crippen molar-refractivity contribution in [1.82, 2.24) is 5.32 Å². The topological polar surface area (TPSA) is 41.5 Å². The van der Waals surface area contributed by atoms with Gasteiger partial charge in [-0.25, -0.2) is 8.78 Å². The van der Waals surface area contributed by atoms with E-state index in [1.807, 2.05) is 13.8 Å². The van der Waals surface area contributed by atoms with Crippen molar-refractivity contribution >= 4 is 15.9 Å². The van der Waals surface area contributed by atoms with Gasteiger partial charge in [0, 0.05) is 17.1 Å². The maximum Gasteiger partial charge on any atom is 0.190 e. The van der Waals surface area contributed by atoms with Gasteiger partial charge in [0.05, 0.1) is 0 Å². The predicted molar refractivity (Wildman–Crippen MR) is 68.7 cm³/mol. The first kappa shape index (κ1) is 15.3. The van der Waals surface area contributed by atoms with E-state index in [4.69, 9.17) is 4.74 Å². The Morgan fingerprint density at radius 1 is 1.33 bits per heavy atom. The van der Waals surface area contributed by atoms with E-state index < -0.39 is 23.5 Å². The van der Waals surface area contributed by atoms with E-state index in [0.717, 1.165) is 12.1 Å². The van der Waals surface area contributed by atoms with Crippen LogP contribution in [0.15, 0.2) is 16.6 Å². The lowest BCUT2D eigenvalue weighted by Gasteiger charge is -2.15. The molecule has 2 N–H and O–H groups in total. The van der Waals surface area contributed by atoms with Crippen molar-refractivity contribution in [3.05, 3.63) is 28.2 Å². The molecule has 0 bridgehead atoms. The molecule has 3 nitrogen and oxygen atoms in total. The molecule has 0 unspecified atom stereocenters. The fourth-order valence-electron chi connectivity index (χ4n) is 1.28. The van der Waals surface area contributed by atoms with Crippen LogP contribution in [0.3, 0.4) is 0 Å². The third-order valence-corrected chi connectivity index (χ3v) is 2.60. The van der Waals surface area contributed by atoms with Crippen LogP contribution in [0.4, 0.5) is 8.78 Å². The Kier molecular flexibility index (Phi) is 5.98. The van der Waals surface area contributed by atoms with Crippen molar-refractivity contribution in [3.8, 4) is 5.75 Å². The molecule has 0 aliphatic rings. The lowest BCUT2D eigenvalue weighted by molar-refractivity contribution is 0.0998. The minimum Gasteiger partial charge on any atom is -0.485 e. The van der Waals surface area contributed by atoms with Gasteiger partial charge in [-0.2, -0.15) is 0 Å². The molecule has 0 aromatic heterocycles. The average molecular weight is 324 g/mol. The molecule has 102 valence electrons. The fraction of sp³-hybridized carbons (Fsp3) is 0.500. The summed E-state index contributed by atoms with van der Waals surface area (Å²) in [5.74, 6) is -2.07. The minimum absolute atomic E-state index is 0.171. The van der Waals surface area contributed by atoms with Crippen molar-refractivity contribution in [1.29, 1.82) is 0 Å². The van der Waals surface area contributed by atoms with Gasteiger partial charge in [0.25, 0.3) is 0 Å². The summed E-state index contributed by atoms with van der Waals surface area (Å²) in [4.78, 5) is 0. The zero-order valence-corrected chi connectivity index (χ0v) is 11.8. The van der Waals surface area contributed by atoms with Crippen molar-refractivity contribution in [3.63, 3.8) is 0 Å². The van der Waals surface area contributed by atoms with Gasteiger partial charge in [-0.05, 0) is 12.1 Å². The monoisotopic (exact) mass is 323 g/mol. The summed E-state index contributed by atoms with van der Waals surface area (Å²) in [6.45, 7) is 4.00. The summed E-state index contributed by atoms with van der Waals surface area (Å²) in [6.07, 6.45) is -0.824. The summed E-state index contributed by atoms with van der Waals surface area (Å²) >= 11 is 2.97. The molecule has 0 heterocycles. The Morgan fingerprint density at radius 2 is 1.89 bits per heavy atom. The molecule has 18 heavy (non-hydrogen) atoms. The molecule has 0 fully saturated rings. The highest BCUT2D eigenvalue weighted by atomic mass is 79.9. The zero-order chi connectivity index (χ0) is 13.7. The van der Waals surface area contributed by atoms with Crippen molar-refractivity contribution < 1.29 is 18.6 Å². The number of ether oxygens (including phenoxy) is 1. The van der Waals surface area contributed by atoms with Gasteiger partial charge in [0.2, 0.25) is 0 Å². The third-order valence-electron chi connectivity index (χ3n) is 2.14. The van der Waals surface area contributed by atoms with Crippen LogP contribution in [-0.4, -0.2) is 30.4 Å². The van der Waals surface area contributed by atoms with E-state index in [9.17, 15) is 13.9 Å². The first-order valence-electron chi connectivity index (χ1n) is 5.59. The highest BCUT2D eigenvalue weighted by Crippen LogP contribution is 2.25. The van der Waals surface area contributed by atoms with Crippen molar-refractivity contribution in [2.45, 2.75) is 26.0 Å². The Labute approximate surface area is 113 Å². The Hall–Kier alpha value is -0.720.